The van der Waals surface area contributed by atoms with Crippen molar-refractivity contribution in [2.24, 2.45) is 5.92 Å². The van der Waals surface area contributed by atoms with Crippen LogP contribution in [0.3, 0.4) is 0 Å². The molecule has 0 bridgehead atoms. The molecule has 1 atom stereocenters. The highest BCUT2D eigenvalue weighted by molar-refractivity contribution is 7.90. The van der Waals surface area contributed by atoms with Gasteiger partial charge in [0.05, 0.1) is 4.90 Å². The Morgan fingerprint density at radius 1 is 1.04 bits per heavy atom. The van der Waals surface area contributed by atoms with Gasteiger partial charge in [-0.15, -0.1) is 0 Å². The molecule has 0 aliphatic carbocycles. The topological polar surface area (TPSA) is 86.8 Å². The van der Waals surface area contributed by atoms with Crippen LogP contribution in [0.15, 0.2) is 29.2 Å². The van der Waals surface area contributed by atoms with E-state index in [1.807, 2.05) is 11.8 Å². The first-order chi connectivity index (χ1) is 12.8. The number of sulfonamides is 1. The van der Waals surface area contributed by atoms with Crippen LogP contribution < -0.4 is 4.72 Å². The maximum Gasteiger partial charge on any atom is 0.331 e. The Labute approximate surface area is 160 Å². The van der Waals surface area contributed by atoms with Crippen LogP contribution in [0, 0.1) is 12.8 Å². The predicted molar refractivity (Wildman–Crippen MR) is 102 cm³/mol. The highest BCUT2D eigenvalue weighted by atomic mass is 32.2. The molecule has 1 aromatic carbocycles. The second kappa shape index (κ2) is 7.88. The van der Waals surface area contributed by atoms with Crippen molar-refractivity contribution in [3.05, 3.63) is 29.8 Å². The van der Waals surface area contributed by atoms with E-state index >= 15 is 0 Å². The van der Waals surface area contributed by atoms with Crippen LogP contribution in [0.25, 0.3) is 0 Å². The largest absolute Gasteiger partial charge is 0.341 e. The Hall–Kier alpha value is -2.09. The number of nitrogens with one attached hydrogen (secondary N) is 1. The lowest BCUT2D eigenvalue weighted by molar-refractivity contribution is -0.136. The van der Waals surface area contributed by atoms with E-state index in [1.165, 1.54) is 17.0 Å². The lowest BCUT2D eigenvalue weighted by Crippen LogP contribution is -2.52. The number of hydrogen-bond acceptors (Lipinski definition) is 4. The number of carbonyl (C=O) groups excluding carboxylic acids is 2. The molecule has 2 saturated heterocycles. The Balaban J connectivity index is 1.68. The third-order valence-electron chi connectivity index (χ3n) is 5.45. The van der Waals surface area contributed by atoms with Crippen LogP contribution in [0.4, 0.5) is 4.79 Å². The first-order valence-corrected chi connectivity index (χ1v) is 10.9. The minimum Gasteiger partial charge on any atom is -0.341 e. The second-order valence-electron chi connectivity index (χ2n) is 7.58. The molecule has 0 spiro atoms. The standard InChI is InChI=1S/C19H27N3O4S/c1-14-5-7-16(8-6-14)27(25,26)20-19(24)22-11-3-4-17(22)18(23)21-12-9-15(2)10-13-21/h5-8,15,17H,3-4,9-13H2,1-2H3,(H,20,24)/t17-/m1/s1. The fourth-order valence-electron chi connectivity index (χ4n) is 3.66. The molecule has 8 heteroatoms. The summed E-state index contributed by atoms with van der Waals surface area (Å²) >= 11 is 0. The van der Waals surface area contributed by atoms with Crippen molar-refractivity contribution in [2.45, 2.75) is 50.5 Å². The summed E-state index contributed by atoms with van der Waals surface area (Å²) in [5, 5.41) is 0. The maximum absolute atomic E-state index is 12.8. The zero-order valence-corrected chi connectivity index (χ0v) is 16.7. The molecular weight excluding hydrogens is 366 g/mol. The van der Waals surface area contributed by atoms with Gasteiger partial charge in [-0.2, -0.15) is 0 Å². The van der Waals surface area contributed by atoms with Crippen LogP contribution >= 0.6 is 0 Å². The molecular formula is C19H27N3O4S. The molecule has 2 heterocycles. The molecule has 2 aliphatic rings. The molecule has 2 fully saturated rings. The van der Waals surface area contributed by atoms with Gasteiger partial charge in [-0.1, -0.05) is 24.6 Å². The molecule has 2 aliphatic heterocycles. The molecule has 1 aromatic rings. The van der Waals surface area contributed by atoms with E-state index in [4.69, 9.17) is 0 Å². The van der Waals surface area contributed by atoms with E-state index in [-0.39, 0.29) is 10.8 Å². The normalized spacial score (nSPS) is 21.3. The lowest BCUT2D eigenvalue weighted by atomic mass is 9.98. The number of aryl methyl sites for hydroxylation is 1. The van der Waals surface area contributed by atoms with Gasteiger partial charge >= 0.3 is 6.03 Å². The summed E-state index contributed by atoms with van der Waals surface area (Å²) in [5.41, 5.74) is 0.932. The highest BCUT2D eigenvalue weighted by Gasteiger charge is 2.38. The van der Waals surface area contributed by atoms with E-state index in [9.17, 15) is 18.0 Å². The maximum atomic E-state index is 12.8. The van der Waals surface area contributed by atoms with Gasteiger partial charge in [0.15, 0.2) is 0 Å². The van der Waals surface area contributed by atoms with Crippen LogP contribution in [0.5, 0.6) is 0 Å². The summed E-state index contributed by atoms with van der Waals surface area (Å²) in [6.45, 7) is 5.82. The van der Waals surface area contributed by atoms with Gasteiger partial charge in [-0.25, -0.2) is 17.9 Å². The van der Waals surface area contributed by atoms with Crippen molar-refractivity contribution < 1.29 is 18.0 Å². The molecule has 7 nitrogen and oxygen atoms in total. The molecule has 0 unspecified atom stereocenters. The summed E-state index contributed by atoms with van der Waals surface area (Å²) in [6.07, 6.45) is 3.19. The van der Waals surface area contributed by atoms with Gasteiger partial charge in [0.2, 0.25) is 5.91 Å². The number of piperidine rings is 1. The van der Waals surface area contributed by atoms with Crippen molar-refractivity contribution in [1.82, 2.24) is 14.5 Å². The Bertz CT molecular complexity index is 799. The van der Waals surface area contributed by atoms with Crippen LogP contribution in [0.1, 0.15) is 38.2 Å². The number of amides is 3. The molecule has 0 saturated carbocycles. The number of likely N-dealkylation sites (tertiary alicyclic amines) is 2. The molecule has 0 radical (unpaired) electrons. The minimum absolute atomic E-state index is 0.0357. The molecule has 3 rings (SSSR count). The Morgan fingerprint density at radius 3 is 2.30 bits per heavy atom. The average Bonchev–Trinajstić information content (AvgIpc) is 3.11. The first kappa shape index (κ1) is 19.7. The fourth-order valence-corrected chi connectivity index (χ4v) is 4.62. The van der Waals surface area contributed by atoms with Crippen molar-refractivity contribution in [3.8, 4) is 0 Å². The number of urea groups is 1. The van der Waals surface area contributed by atoms with Crippen LogP contribution in [0.2, 0.25) is 0 Å². The number of carbonyl (C=O) groups is 2. The quantitative estimate of drug-likeness (QED) is 0.852. The summed E-state index contributed by atoms with van der Waals surface area (Å²) in [5.74, 6) is 0.541. The third kappa shape index (κ3) is 4.43. The number of nitrogens with zero attached hydrogens (tertiary/aromatic N) is 2. The van der Waals surface area contributed by atoms with E-state index in [0.717, 1.165) is 18.4 Å². The van der Waals surface area contributed by atoms with Gasteiger partial charge in [0.1, 0.15) is 6.04 Å². The van der Waals surface area contributed by atoms with Gasteiger partial charge in [-0.05, 0) is 50.7 Å². The van der Waals surface area contributed by atoms with E-state index in [2.05, 4.69) is 11.6 Å². The number of rotatable bonds is 3. The molecule has 3 amide bonds. The van der Waals surface area contributed by atoms with Gasteiger partial charge < -0.3 is 9.80 Å². The van der Waals surface area contributed by atoms with Crippen molar-refractivity contribution >= 4 is 22.0 Å². The zero-order chi connectivity index (χ0) is 19.6. The average molecular weight is 394 g/mol. The van der Waals surface area contributed by atoms with Crippen LogP contribution in [-0.2, 0) is 14.8 Å². The summed E-state index contributed by atoms with van der Waals surface area (Å²) < 4.78 is 27.1. The molecule has 0 aromatic heterocycles. The molecule has 1 N–H and O–H groups in total. The second-order valence-corrected chi connectivity index (χ2v) is 9.27. The number of hydrogen-bond donors (Lipinski definition) is 1. The Morgan fingerprint density at radius 2 is 1.67 bits per heavy atom. The van der Waals surface area contributed by atoms with Gasteiger partial charge in [-0.3, -0.25) is 4.79 Å². The fraction of sp³-hybridized carbons (Fsp3) is 0.579. The SMILES string of the molecule is Cc1ccc(S(=O)(=O)NC(=O)N2CCC[C@@H]2C(=O)N2CCC(C)CC2)cc1. The smallest absolute Gasteiger partial charge is 0.331 e. The first-order valence-electron chi connectivity index (χ1n) is 9.47. The monoisotopic (exact) mass is 393 g/mol. The van der Waals surface area contributed by atoms with Crippen molar-refractivity contribution in [1.29, 1.82) is 0 Å². The highest BCUT2D eigenvalue weighted by Crippen LogP contribution is 2.23. The molecule has 148 valence electrons. The van der Waals surface area contributed by atoms with Crippen molar-refractivity contribution in [3.63, 3.8) is 0 Å². The van der Waals surface area contributed by atoms with Gasteiger partial charge in [0.25, 0.3) is 10.0 Å². The van der Waals surface area contributed by atoms with E-state index in [0.29, 0.717) is 38.4 Å². The minimum atomic E-state index is -3.96. The van der Waals surface area contributed by atoms with E-state index in [1.54, 1.807) is 12.1 Å². The summed E-state index contributed by atoms with van der Waals surface area (Å²) in [7, 11) is -3.96. The Kier molecular flexibility index (Phi) is 5.74. The third-order valence-corrected chi connectivity index (χ3v) is 6.78. The molecule has 27 heavy (non-hydrogen) atoms. The predicted octanol–water partition coefficient (Wildman–Crippen LogP) is 2.12. The number of benzene rings is 1. The zero-order valence-electron chi connectivity index (χ0n) is 15.8. The van der Waals surface area contributed by atoms with Crippen LogP contribution in [-0.4, -0.2) is 55.8 Å². The van der Waals surface area contributed by atoms with Crippen molar-refractivity contribution in [2.75, 3.05) is 19.6 Å². The summed E-state index contributed by atoms with van der Waals surface area (Å²) in [4.78, 5) is 28.7. The van der Waals surface area contributed by atoms with E-state index < -0.39 is 22.1 Å². The summed E-state index contributed by atoms with van der Waals surface area (Å²) in [6, 6.07) is 4.99. The van der Waals surface area contributed by atoms with Gasteiger partial charge in [0, 0.05) is 19.6 Å². The lowest BCUT2D eigenvalue weighted by Gasteiger charge is -2.34.